The minimum Gasteiger partial charge on any atom is -0.465 e. The number of ether oxygens (including phenoxy) is 2. The molecule has 0 bridgehead atoms. The summed E-state index contributed by atoms with van der Waals surface area (Å²) >= 11 is 1.19. The average molecular weight is 345 g/mol. The van der Waals surface area contributed by atoms with Crippen molar-refractivity contribution in [2.45, 2.75) is 12.1 Å². The summed E-state index contributed by atoms with van der Waals surface area (Å²) in [7, 11) is 1.11. The largest absolute Gasteiger partial charge is 0.465 e. The first kappa shape index (κ1) is 15.4. The minimum atomic E-state index is -4.69. The number of H-pyrrole nitrogens is 1. The Kier molecular flexibility index (Phi) is 3.55. The first-order valence-corrected chi connectivity index (χ1v) is 7.17. The van der Waals surface area contributed by atoms with E-state index in [0.29, 0.717) is 4.88 Å². The van der Waals surface area contributed by atoms with Crippen LogP contribution in [0.5, 0.6) is 5.88 Å². The lowest BCUT2D eigenvalue weighted by molar-refractivity contribution is -0.142. The molecule has 3 N–H and O–H groups in total. The van der Waals surface area contributed by atoms with Crippen molar-refractivity contribution in [2.75, 3.05) is 7.11 Å². The van der Waals surface area contributed by atoms with E-state index in [0.717, 1.165) is 7.11 Å². The van der Waals surface area contributed by atoms with Crippen molar-refractivity contribution in [3.05, 3.63) is 45.1 Å². The number of thiophene rings is 1. The smallest absolute Gasteiger partial charge is 0.433 e. The summed E-state index contributed by atoms with van der Waals surface area (Å²) < 4.78 is 49.5. The summed E-state index contributed by atoms with van der Waals surface area (Å²) in [5.41, 5.74) is 4.16. The fourth-order valence-corrected chi connectivity index (χ4v) is 3.25. The van der Waals surface area contributed by atoms with Gasteiger partial charge >= 0.3 is 12.1 Å². The van der Waals surface area contributed by atoms with Gasteiger partial charge in [-0.2, -0.15) is 13.2 Å². The molecule has 6 nitrogen and oxygen atoms in total. The molecular weight excluding hydrogens is 335 g/mol. The maximum absolute atomic E-state index is 13.2. The van der Waals surface area contributed by atoms with Crippen molar-refractivity contribution < 1.29 is 27.4 Å². The fraction of sp³-hybridized carbons (Fsp3) is 0.231. The molecule has 2 aromatic heterocycles. The van der Waals surface area contributed by atoms with Gasteiger partial charge in [0, 0.05) is 4.88 Å². The third kappa shape index (κ3) is 2.44. The number of aromatic nitrogens is 2. The highest BCUT2D eigenvalue weighted by atomic mass is 32.1. The molecule has 3 rings (SSSR count). The molecule has 1 unspecified atom stereocenters. The van der Waals surface area contributed by atoms with Crippen molar-refractivity contribution in [2.24, 2.45) is 5.73 Å². The predicted molar refractivity (Wildman–Crippen MR) is 73.6 cm³/mol. The molecular formula is C13H10F3N3O3S. The number of methoxy groups -OCH3 is 1. The van der Waals surface area contributed by atoms with Crippen LogP contribution in [0.4, 0.5) is 13.2 Å². The van der Waals surface area contributed by atoms with Crippen LogP contribution in [0.15, 0.2) is 29.0 Å². The Hall–Kier alpha value is -2.49. The van der Waals surface area contributed by atoms with Gasteiger partial charge in [-0.25, -0.2) is 4.79 Å². The summed E-state index contributed by atoms with van der Waals surface area (Å²) in [6.45, 7) is 0. The van der Waals surface area contributed by atoms with E-state index in [1.165, 1.54) is 11.3 Å². The first-order valence-electron chi connectivity index (χ1n) is 6.29. The van der Waals surface area contributed by atoms with Gasteiger partial charge in [-0.1, -0.05) is 6.07 Å². The Bertz CT molecular complexity index is 780. The van der Waals surface area contributed by atoms with E-state index in [-0.39, 0.29) is 22.9 Å². The van der Waals surface area contributed by atoms with Crippen molar-refractivity contribution in [3.63, 3.8) is 0 Å². The zero-order valence-electron chi connectivity index (χ0n) is 11.6. The lowest BCUT2D eigenvalue weighted by atomic mass is 9.88. The molecule has 2 aromatic rings. The summed E-state index contributed by atoms with van der Waals surface area (Å²) in [5.74, 6) is -2.56. The Labute approximate surface area is 131 Å². The molecule has 1 aliphatic heterocycles. The lowest BCUT2D eigenvalue weighted by Crippen LogP contribution is -2.27. The van der Waals surface area contributed by atoms with Gasteiger partial charge in [0.25, 0.3) is 0 Å². The SMILES string of the molecule is COC(=O)C1=C(N)Oc2n[nH]c(C(F)(F)F)c2C1c1cccs1. The third-order valence-electron chi connectivity index (χ3n) is 3.33. The number of hydrogen-bond acceptors (Lipinski definition) is 6. The van der Waals surface area contributed by atoms with Gasteiger partial charge in [0.2, 0.25) is 11.8 Å². The van der Waals surface area contributed by atoms with E-state index in [9.17, 15) is 18.0 Å². The van der Waals surface area contributed by atoms with Crippen LogP contribution in [0, 0.1) is 0 Å². The number of nitrogens with zero attached hydrogens (tertiary/aromatic N) is 1. The quantitative estimate of drug-likeness (QED) is 0.816. The second kappa shape index (κ2) is 5.30. The number of carbonyl (C=O) groups is 1. The minimum absolute atomic E-state index is 0.186. The summed E-state index contributed by atoms with van der Waals surface area (Å²) in [6, 6.07) is 3.27. The average Bonchev–Trinajstić information content (AvgIpc) is 3.13. The standard InChI is InChI=1S/C13H10F3N3O3S/c1-21-12(20)8-6(5-3-2-4-23-5)7-9(13(14,15)16)18-19-11(7)22-10(8)17/h2-4,6H,17H2,1H3,(H,18,19). The van der Waals surface area contributed by atoms with Crippen LogP contribution < -0.4 is 10.5 Å². The molecule has 0 fully saturated rings. The molecule has 0 aromatic carbocycles. The Morgan fingerprint density at radius 3 is 2.83 bits per heavy atom. The Morgan fingerprint density at radius 2 is 2.26 bits per heavy atom. The predicted octanol–water partition coefficient (Wildman–Crippen LogP) is 2.36. The second-order valence-electron chi connectivity index (χ2n) is 4.64. The van der Waals surface area contributed by atoms with E-state index in [4.69, 9.17) is 10.5 Å². The molecule has 3 heterocycles. The summed E-state index contributed by atoms with van der Waals surface area (Å²) in [4.78, 5) is 12.5. The summed E-state index contributed by atoms with van der Waals surface area (Å²) in [5, 5.41) is 7.12. The zero-order valence-corrected chi connectivity index (χ0v) is 12.4. The summed E-state index contributed by atoms with van der Waals surface area (Å²) in [6.07, 6.45) is -4.69. The van der Waals surface area contributed by atoms with Gasteiger partial charge in [-0.05, 0) is 11.4 Å². The van der Waals surface area contributed by atoms with Gasteiger partial charge in [0.15, 0.2) is 0 Å². The van der Waals surface area contributed by atoms with Gasteiger partial charge in [-0.3, -0.25) is 5.10 Å². The highest BCUT2D eigenvalue weighted by Gasteiger charge is 2.46. The topological polar surface area (TPSA) is 90.2 Å². The monoisotopic (exact) mass is 345 g/mol. The molecule has 0 saturated carbocycles. The number of carbonyl (C=O) groups excluding carboxylic acids is 1. The maximum Gasteiger partial charge on any atom is 0.433 e. The van der Waals surface area contributed by atoms with Crippen LogP contribution in [-0.4, -0.2) is 23.3 Å². The maximum atomic E-state index is 13.2. The lowest BCUT2D eigenvalue weighted by Gasteiger charge is -2.25. The number of fused-ring (bicyclic) bond motifs is 1. The van der Waals surface area contributed by atoms with E-state index >= 15 is 0 Å². The molecule has 10 heteroatoms. The van der Waals surface area contributed by atoms with Crippen molar-refractivity contribution in [3.8, 4) is 5.88 Å². The molecule has 0 spiro atoms. The van der Waals surface area contributed by atoms with Crippen LogP contribution >= 0.6 is 11.3 Å². The van der Waals surface area contributed by atoms with E-state index in [1.807, 2.05) is 5.10 Å². The number of hydrogen-bond donors (Lipinski definition) is 2. The highest BCUT2D eigenvalue weighted by molar-refractivity contribution is 7.10. The normalized spacial score (nSPS) is 17.7. The zero-order chi connectivity index (χ0) is 16.8. The van der Waals surface area contributed by atoms with Crippen LogP contribution in [0.1, 0.15) is 22.1 Å². The number of halogens is 3. The van der Waals surface area contributed by atoms with Crippen LogP contribution in [0.2, 0.25) is 0 Å². The molecule has 122 valence electrons. The number of rotatable bonds is 2. The van der Waals surface area contributed by atoms with Crippen LogP contribution in [0.25, 0.3) is 0 Å². The van der Waals surface area contributed by atoms with Gasteiger partial charge in [-0.15, -0.1) is 16.4 Å². The number of alkyl halides is 3. The number of nitrogens with one attached hydrogen (secondary N) is 1. The van der Waals surface area contributed by atoms with Gasteiger partial charge < -0.3 is 15.2 Å². The Balaban J connectivity index is 2.26. The van der Waals surface area contributed by atoms with Crippen molar-refractivity contribution in [1.82, 2.24) is 10.2 Å². The molecule has 1 atom stereocenters. The fourth-order valence-electron chi connectivity index (χ4n) is 2.41. The number of esters is 1. The van der Waals surface area contributed by atoms with Gasteiger partial charge in [0.05, 0.1) is 18.6 Å². The number of nitrogens with two attached hydrogens (primary N) is 1. The molecule has 1 aliphatic rings. The molecule has 0 aliphatic carbocycles. The molecule has 23 heavy (non-hydrogen) atoms. The van der Waals surface area contributed by atoms with Crippen LogP contribution in [0.3, 0.4) is 0 Å². The first-order chi connectivity index (χ1) is 10.8. The van der Waals surface area contributed by atoms with E-state index in [1.54, 1.807) is 17.5 Å². The van der Waals surface area contributed by atoms with Gasteiger partial charge in [0.1, 0.15) is 11.3 Å². The molecule has 0 amide bonds. The molecule has 0 saturated heterocycles. The second-order valence-corrected chi connectivity index (χ2v) is 5.61. The van der Waals surface area contributed by atoms with E-state index in [2.05, 4.69) is 9.84 Å². The third-order valence-corrected chi connectivity index (χ3v) is 4.27. The highest BCUT2D eigenvalue weighted by Crippen LogP contribution is 2.48. The Morgan fingerprint density at radius 1 is 1.52 bits per heavy atom. The molecule has 0 radical (unpaired) electrons. The van der Waals surface area contributed by atoms with E-state index < -0.39 is 23.8 Å². The van der Waals surface area contributed by atoms with Crippen LogP contribution in [-0.2, 0) is 15.7 Å². The van der Waals surface area contributed by atoms with Crippen molar-refractivity contribution >= 4 is 17.3 Å². The van der Waals surface area contributed by atoms with Crippen molar-refractivity contribution in [1.29, 1.82) is 0 Å². The number of aromatic amines is 1.